The molecule has 178 valence electrons. The summed E-state index contributed by atoms with van der Waals surface area (Å²) in [5, 5.41) is 7.67. The molecule has 0 aliphatic carbocycles. The Kier molecular flexibility index (Phi) is 6.64. The lowest BCUT2D eigenvalue weighted by molar-refractivity contribution is -0.135. The maximum atomic E-state index is 13.0. The third kappa shape index (κ3) is 4.46. The molecule has 0 radical (unpaired) electrons. The van der Waals surface area contributed by atoms with Crippen molar-refractivity contribution in [3.63, 3.8) is 0 Å². The fraction of sp³-hybridized carbons (Fsp3) is 0.375. The van der Waals surface area contributed by atoms with E-state index >= 15 is 0 Å². The first-order valence-corrected chi connectivity index (χ1v) is 13.1. The third-order valence-corrected chi connectivity index (χ3v) is 8.51. The van der Waals surface area contributed by atoms with Gasteiger partial charge in [0.1, 0.15) is 16.2 Å². The van der Waals surface area contributed by atoms with Crippen molar-refractivity contribution in [3.8, 4) is 9.88 Å². The predicted molar refractivity (Wildman–Crippen MR) is 136 cm³/mol. The summed E-state index contributed by atoms with van der Waals surface area (Å²) >= 11 is 3.07. The molecule has 3 aromatic rings. The number of para-hydroxylation sites is 2. The van der Waals surface area contributed by atoms with Gasteiger partial charge in [-0.2, -0.15) is 0 Å². The first kappa shape index (κ1) is 23.0. The summed E-state index contributed by atoms with van der Waals surface area (Å²) in [5.41, 5.74) is 7.34. The zero-order chi connectivity index (χ0) is 23.5. The molecule has 4 heterocycles. The molecule has 2 aliphatic heterocycles. The lowest BCUT2D eigenvalue weighted by Gasteiger charge is -2.48. The number of thiazole rings is 1. The number of thiophene rings is 1. The lowest BCUT2D eigenvalue weighted by atomic mass is 9.84. The first-order valence-electron chi connectivity index (χ1n) is 11.3. The van der Waals surface area contributed by atoms with Gasteiger partial charge in [-0.25, -0.2) is 4.98 Å². The van der Waals surface area contributed by atoms with E-state index in [1.807, 2.05) is 41.8 Å². The lowest BCUT2D eigenvalue weighted by Crippen LogP contribution is -2.64. The van der Waals surface area contributed by atoms with Gasteiger partial charge in [0.2, 0.25) is 5.91 Å². The zero-order valence-corrected chi connectivity index (χ0v) is 20.4. The van der Waals surface area contributed by atoms with Crippen LogP contribution in [-0.4, -0.2) is 66.6 Å². The summed E-state index contributed by atoms with van der Waals surface area (Å²) in [6.07, 6.45) is 1.28. The number of piperidine rings is 1. The molecule has 5 rings (SSSR count). The Balaban J connectivity index is 1.30. The number of primary amides is 1. The van der Waals surface area contributed by atoms with E-state index in [2.05, 4.69) is 20.1 Å². The molecule has 0 unspecified atom stereocenters. The van der Waals surface area contributed by atoms with E-state index < -0.39 is 5.54 Å². The summed E-state index contributed by atoms with van der Waals surface area (Å²) < 4.78 is 5.47. The molecule has 10 heteroatoms. The van der Waals surface area contributed by atoms with Gasteiger partial charge in [-0.05, 0) is 36.4 Å². The van der Waals surface area contributed by atoms with Gasteiger partial charge in [0, 0.05) is 31.6 Å². The third-order valence-electron chi connectivity index (χ3n) is 6.63. The molecule has 1 aromatic carbocycles. The van der Waals surface area contributed by atoms with Gasteiger partial charge >= 0.3 is 0 Å². The van der Waals surface area contributed by atoms with Crippen LogP contribution in [0.4, 0.5) is 11.4 Å². The second-order valence-corrected chi connectivity index (χ2v) is 10.3. The maximum Gasteiger partial charge on any atom is 0.275 e. The number of carbonyl (C=O) groups excluding carboxylic acids is 2. The van der Waals surface area contributed by atoms with Crippen LogP contribution in [0.3, 0.4) is 0 Å². The Morgan fingerprint density at radius 2 is 1.79 bits per heavy atom. The number of hydrogen-bond acceptors (Lipinski definition) is 8. The molecule has 2 aromatic heterocycles. The minimum absolute atomic E-state index is 0.233. The van der Waals surface area contributed by atoms with E-state index in [-0.39, 0.29) is 11.8 Å². The summed E-state index contributed by atoms with van der Waals surface area (Å²) in [7, 11) is 0. The maximum absolute atomic E-state index is 13.0. The van der Waals surface area contributed by atoms with Crippen LogP contribution in [0.25, 0.3) is 9.88 Å². The van der Waals surface area contributed by atoms with Crippen molar-refractivity contribution in [2.45, 2.75) is 18.4 Å². The number of amides is 2. The van der Waals surface area contributed by atoms with Crippen LogP contribution < -0.4 is 16.0 Å². The van der Waals surface area contributed by atoms with Crippen LogP contribution in [0.2, 0.25) is 0 Å². The second-order valence-electron chi connectivity index (χ2n) is 8.47. The monoisotopic (exact) mass is 497 g/mol. The van der Waals surface area contributed by atoms with E-state index in [1.54, 1.807) is 16.7 Å². The summed E-state index contributed by atoms with van der Waals surface area (Å²) in [4.78, 5) is 35.5. The van der Waals surface area contributed by atoms with Crippen LogP contribution in [0, 0.1) is 0 Å². The molecule has 0 saturated carbocycles. The highest BCUT2D eigenvalue weighted by molar-refractivity contribution is 7.20. The normalized spacial score (nSPS) is 18.5. The molecule has 2 aliphatic rings. The smallest absolute Gasteiger partial charge is 0.275 e. The molecule has 2 amide bonds. The number of morpholine rings is 1. The van der Waals surface area contributed by atoms with Crippen LogP contribution in [0.1, 0.15) is 23.3 Å². The van der Waals surface area contributed by atoms with Crippen molar-refractivity contribution < 1.29 is 14.3 Å². The number of nitrogens with zero attached hydrogens (tertiary/aromatic N) is 3. The standard InChI is InChI=1S/C24H27N5O3S2/c25-23(31)24(29-11-13-32-14-12-29)7-9-28(10-8-24)19-5-2-1-4-17(19)26-21(30)18-16-34-22(27-18)20-6-3-15-33-20/h1-6,15-16H,7-14H2,(H2,25,31)(H,26,30). The molecule has 0 atom stereocenters. The number of anilines is 2. The van der Waals surface area contributed by atoms with E-state index in [0.29, 0.717) is 44.8 Å². The predicted octanol–water partition coefficient (Wildman–Crippen LogP) is 3.28. The van der Waals surface area contributed by atoms with Gasteiger partial charge in [0.25, 0.3) is 5.91 Å². The molecule has 0 bridgehead atoms. The molecule has 2 saturated heterocycles. The van der Waals surface area contributed by atoms with Crippen LogP contribution in [-0.2, 0) is 9.53 Å². The van der Waals surface area contributed by atoms with Crippen LogP contribution in [0.5, 0.6) is 0 Å². The van der Waals surface area contributed by atoms with Crippen LogP contribution in [0.15, 0.2) is 47.2 Å². The number of nitrogens with one attached hydrogen (secondary N) is 1. The van der Waals surface area contributed by atoms with E-state index in [0.717, 1.165) is 34.3 Å². The Bertz CT molecular complexity index is 1150. The van der Waals surface area contributed by atoms with Gasteiger partial charge in [0.15, 0.2) is 0 Å². The van der Waals surface area contributed by atoms with Gasteiger partial charge in [-0.3, -0.25) is 14.5 Å². The molecule has 3 N–H and O–H groups in total. The Morgan fingerprint density at radius 3 is 2.50 bits per heavy atom. The zero-order valence-electron chi connectivity index (χ0n) is 18.7. The fourth-order valence-corrected chi connectivity index (χ4v) is 6.37. The van der Waals surface area contributed by atoms with E-state index in [4.69, 9.17) is 10.5 Å². The molecule has 34 heavy (non-hydrogen) atoms. The summed E-state index contributed by atoms with van der Waals surface area (Å²) in [5.74, 6) is -0.496. The number of rotatable bonds is 6. The molecule has 0 spiro atoms. The highest BCUT2D eigenvalue weighted by atomic mass is 32.1. The Morgan fingerprint density at radius 1 is 1.03 bits per heavy atom. The number of benzene rings is 1. The molecule has 8 nitrogen and oxygen atoms in total. The average Bonchev–Trinajstić information content (AvgIpc) is 3.57. The van der Waals surface area contributed by atoms with E-state index in [1.165, 1.54) is 11.3 Å². The van der Waals surface area contributed by atoms with Crippen molar-refractivity contribution in [2.75, 3.05) is 49.6 Å². The van der Waals surface area contributed by atoms with Gasteiger partial charge < -0.3 is 20.7 Å². The first-order chi connectivity index (χ1) is 16.6. The largest absolute Gasteiger partial charge is 0.379 e. The van der Waals surface area contributed by atoms with Crippen molar-refractivity contribution >= 4 is 45.9 Å². The van der Waals surface area contributed by atoms with Crippen molar-refractivity contribution in [3.05, 3.63) is 52.9 Å². The van der Waals surface area contributed by atoms with Crippen molar-refractivity contribution in [1.29, 1.82) is 0 Å². The Labute approximate surface area is 206 Å². The average molecular weight is 498 g/mol. The van der Waals surface area contributed by atoms with Gasteiger partial charge in [-0.1, -0.05) is 18.2 Å². The van der Waals surface area contributed by atoms with Gasteiger partial charge in [-0.15, -0.1) is 22.7 Å². The highest BCUT2D eigenvalue weighted by Crippen LogP contribution is 2.35. The molecule has 2 fully saturated rings. The van der Waals surface area contributed by atoms with Crippen molar-refractivity contribution in [1.82, 2.24) is 9.88 Å². The van der Waals surface area contributed by atoms with Crippen molar-refractivity contribution in [2.24, 2.45) is 5.73 Å². The van der Waals surface area contributed by atoms with Crippen LogP contribution >= 0.6 is 22.7 Å². The minimum Gasteiger partial charge on any atom is -0.379 e. The Hall–Kier alpha value is -2.79. The fourth-order valence-electron chi connectivity index (χ4n) is 4.76. The number of ether oxygens (including phenoxy) is 1. The topological polar surface area (TPSA) is 101 Å². The summed E-state index contributed by atoms with van der Waals surface area (Å²) in [6.45, 7) is 4.03. The second kappa shape index (κ2) is 9.83. The minimum atomic E-state index is -0.642. The molecular weight excluding hydrogens is 470 g/mol. The highest BCUT2D eigenvalue weighted by Gasteiger charge is 2.45. The number of hydrogen-bond donors (Lipinski definition) is 2. The number of carbonyl (C=O) groups is 2. The summed E-state index contributed by atoms with van der Waals surface area (Å²) in [6, 6.07) is 11.7. The number of aromatic nitrogens is 1. The van der Waals surface area contributed by atoms with Gasteiger partial charge in [0.05, 0.1) is 29.5 Å². The SMILES string of the molecule is NC(=O)C1(N2CCOCC2)CCN(c2ccccc2NC(=O)c2csc(-c3cccs3)n2)CC1. The number of nitrogens with two attached hydrogens (primary N) is 1. The van der Waals surface area contributed by atoms with E-state index in [9.17, 15) is 9.59 Å². The molecular formula is C24H27N5O3S2. The quantitative estimate of drug-likeness (QED) is 0.542.